The van der Waals surface area contributed by atoms with Gasteiger partial charge >= 0.3 is 0 Å². The van der Waals surface area contributed by atoms with Crippen molar-refractivity contribution in [2.45, 2.75) is 33.4 Å². The molecule has 1 heterocycles. The minimum atomic E-state index is -0.0463. The van der Waals surface area contributed by atoms with Crippen molar-refractivity contribution in [1.82, 2.24) is 4.57 Å². The van der Waals surface area contributed by atoms with E-state index in [0.29, 0.717) is 24.8 Å². The Kier molecular flexibility index (Phi) is 4.55. The maximum absolute atomic E-state index is 11.4. The van der Waals surface area contributed by atoms with Gasteiger partial charge in [0.1, 0.15) is 0 Å². The Balaban J connectivity index is 2.49. The van der Waals surface area contributed by atoms with Gasteiger partial charge < -0.3 is 15.0 Å². The average Bonchev–Trinajstić information content (AvgIpc) is 2.22. The highest BCUT2D eigenvalue weighted by Crippen LogP contribution is 2.05. The summed E-state index contributed by atoms with van der Waals surface area (Å²) in [4.78, 5) is 11.4. The molecule has 90 valence electrons. The van der Waals surface area contributed by atoms with Crippen molar-refractivity contribution in [1.29, 1.82) is 0 Å². The molecule has 0 aliphatic heterocycles. The molecule has 1 atom stereocenters. The molecule has 0 radical (unpaired) electrons. The number of nitrogens with two attached hydrogens (primary N) is 1. The lowest BCUT2D eigenvalue weighted by molar-refractivity contribution is 0.0305. The highest BCUT2D eigenvalue weighted by Gasteiger charge is 2.06. The lowest BCUT2D eigenvalue weighted by atomic mass is 10.1. The van der Waals surface area contributed by atoms with Crippen molar-refractivity contribution < 1.29 is 4.74 Å². The number of hydrogen-bond donors (Lipinski definition) is 1. The Morgan fingerprint density at radius 1 is 1.38 bits per heavy atom. The Morgan fingerprint density at radius 2 is 2.06 bits per heavy atom. The third kappa shape index (κ3) is 3.70. The topological polar surface area (TPSA) is 57.2 Å². The van der Waals surface area contributed by atoms with Gasteiger partial charge in [-0.15, -0.1) is 0 Å². The average molecular weight is 224 g/mol. The third-order valence-corrected chi connectivity index (χ3v) is 2.66. The Bertz CT molecular complexity index is 385. The first kappa shape index (κ1) is 12.8. The molecule has 0 spiro atoms. The summed E-state index contributed by atoms with van der Waals surface area (Å²) in [6.45, 7) is 7.32. The number of pyridine rings is 1. The number of nitrogens with zero attached hydrogens (tertiary/aromatic N) is 1. The highest BCUT2D eigenvalue weighted by molar-refractivity contribution is 5.33. The van der Waals surface area contributed by atoms with Crippen molar-refractivity contribution in [3.63, 3.8) is 0 Å². The molecule has 1 aromatic heterocycles. The van der Waals surface area contributed by atoms with Crippen molar-refractivity contribution in [3.8, 4) is 0 Å². The van der Waals surface area contributed by atoms with E-state index in [9.17, 15) is 4.79 Å². The number of aromatic nitrogens is 1. The second kappa shape index (κ2) is 5.70. The maximum atomic E-state index is 11.4. The first-order valence-electron chi connectivity index (χ1n) is 5.58. The zero-order valence-electron chi connectivity index (χ0n) is 10.1. The lowest BCUT2D eigenvalue weighted by Gasteiger charge is -2.16. The third-order valence-electron chi connectivity index (χ3n) is 2.66. The quantitative estimate of drug-likeness (QED) is 0.824. The van der Waals surface area contributed by atoms with E-state index in [0.717, 1.165) is 0 Å². The molecule has 16 heavy (non-hydrogen) atoms. The monoisotopic (exact) mass is 224 g/mol. The van der Waals surface area contributed by atoms with Crippen molar-refractivity contribution in [3.05, 3.63) is 28.7 Å². The van der Waals surface area contributed by atoms with Gasteiger partial charge in [0.05, 0.1) is 12.7 Å². The molecule has 0 fully saturated rings. The normalized spacial score (nSPS) is 13.0. The van der Waals surface area contributed by atoms with Gasteiger partial charge in [-0.2, -0.15) is 0 Å². The van der Waals surface area contributed by atoms with Crippen LogP contribution in [0.3, 0.4) is 0 Å². The van der Waals surface area contributed by atoms with Gasteiger partial charge in [-0.1, -0.05) is 13.8 Å². The van der Waals surface area contributed by atoms with Gasteiger partial charge in [0.25, 0.3) is 5.56 Å². The number of rotatable bonds is 5. The lowest BCUT2D eigenvalue weighted by Crippen LogP contribution is -2.24. The van der Waals surface area contributed by atoms with E-state index in [1.54, 1.807) is 16.8 Å². The predicted molar refractivity (Wildman–Crippen MR) is 65.4 cm³/mol. The summed E-state index contributed by atoms with van der Waals surface area (Å²) >= 11 is 0. The fourth-order valence-electron chi connectivity index (χ4n) is 1.25. The van der Waals surface area contributed by atoms with E-state index >= 15 is 0 Å². The van der Waals surface area contributed by atoms with E-state index < -0.39 is 0 Å². The van der Waals surface area contributed by atoms with E-state index in [1.807, 2.05) is 6.92 Å². The number of hydrogen-bond acceptors (Lipinski definition) is 3. The molecule has 0 aliphatic carbocycles. The van der Waals surface area contributed by atoms with Crippen LogP contribution in [0.25, 0.3) is 0 Å². The Morgan fingerprint density at radius 3 is 2.69 bits per heavy atom. The van der Waals surface area contributed by atoms with Crippen LogP contribution in [0, 0.1) is 5.92 Å². The van der Waals surface area contributed by atoms with Gasteiger partial charge in [0.2, 0.25) is 0 Å². The summed E-state index contributed by atoms with van der Waals surface area (Å²) in [5.74, 6) is 0.484. The van der Waals surface area contributed by atoms with Crippen LogP contribution >= 0.6 is 0 Å². The van der Waals surface area contributed by atoms with Gasteiger partial charge in [0, 0.05) is 24.5 Å². The van der Waals surface area contributed by atoms with Crippen LogP contribution in [0.5, 0.6) is 0 Å². The molecule has 1 rings (SSSR count). The first-order valence-corrected chi connectivity index (χ1v) is 5.58. The molecule has 2 N–H and O–H groups in total. The number of nitrogen functional groups attached to an aromatic ring is 1. The maximum Gasteiger partial charge on any atom is 0.250 e. The molecule has 4 heteroatoms. The van der Waals surface area contributed by atoms with E-state index in [-0.39, 0.29) is 11.7 Å². The summed E-state index contributed by atoms with van der Waals surface area (Å²) in [6.07, 6.45) is 1.85. The van der Waals surface area contributed by atoms with Crippen LogP contribution < -0.4 is 11.3 Å². The predicted octanol–water partition coefficient (Wildman–Crippen LogP) is 1.49. The molecule has 0 saturated heterocycles. The summed E-state index contributed by atoms with van der Waals surface area (Å²) < 4.78 is 7.17. The molecule has 0 aliphatic rings. The van der Waals surface area contributed by atoms with Crippen LogP contribution in [0.4, 0.5) is 5.69 Å². The zero-order chi connectivity index (χ0) is 12.1. The number of anilines is 1. The van der Waals surface area contributed by atoms with E-state index in [2.05, 4.69) is 13.8 Å². The Labute approximate surface area is 96.0 Å². The van der Waals surface area contributed by atoms with Gasteiger partial charge in [-0.05, 0) is 18.9 Å². The molecule has 0 saturated carbocycles. The summed E-state index contributed by atoms with van der Waals surface area (Å²) in [5, 5.41) is 0. The highest BCUT2D eigenvalue weighted by atomic mass is 16.5. The van der Waals surface area contributed by atoms with Crippen LogP contribution in [0.15, 0.2) is 23.1 Å². The SMILES string of the molecule is CC(C)C(C)OCCn1cc(N)ccc1=O. The van der Waals surface area contributed by atoms with Crippen LogP contribution in [0.1, 0.15) is 20.8 Å². The smallest absolute Gasteiger partial charge is 0.250 e. The molecule has 4 nitrogen and oxygen atoms in total. The van der Waals surface area contributed by atoms with E-state index in [4.69, 9.17) is 10.5 Å². The molecule has 0 bridgehead atoms. The summed E-state index contributed by atoms with van der Waals surface area (Å²) in [6, 6.07) is 3.08. The molecule has 0 aromatic carbocycles. The van der Waals surface area contributed by atoms with Crippen LogP contribution in [-0.4, -0.2) is 17.3 Å². The second-order valence-corrected chi connectivity index (χ2v) is 4.31. The van der Waals surface area contributed by atoms with Gasteiger partial charge in [-0.25, -0.2) is 0 Å². The molecular weight excluding hydrogens is 204 g/mol. The largest absolute Gasteiger partial charge is 0.398 e. The molecule has 1 unspecified atom stereocenters. The summed E-state index contributed by atoms with van der Waals surface area (Å²) in [5.41, 5.74) is 6.15. The van der Waals surface area contributed by atoms with Gasteiger partial charge in [-0.3, -0.25) is 4.79 Å². The van der Waals surface area contributed by atoms with Crippen molar-refractivity contribution in [2.75, 3.05) is 12.3 Å². The van der Waals surface area contributed by atoms with Crippen LogP contribution in [-0.2, 0) is 11.3 Å². The van der Waals surface area contributed by atoms with E-state index in [1.165, 1.54) is 6.07 Å². The molecule has 1 aromatic rings. The first-order chi connectivity index (χ1) is 7.50. The fraction of sp³-hybridized carbons (Fsp3) is 0.583. The fourth-order valence-corrected chi connectivity index (χ4v) is 1.25. The Hall–Kier alpha value is -1.29. The van der Waals surface area contributed by atoms with Crippen molar-refractivity contribution >= 4 is 5.69 Å². The minimum absolute atomic E-state index is 0.0463. The minimum Gasteiger partial charge on any atom is -0.398 e. The zero-order valence-corrected chi connectivity index (χ0v) is 10.1. The standard InChI is InChI=1S/C12H20N2O2/c1-9(2)10(3)16-7-6-14-8-11(13)4-5-12(14)15/h4-5,8-10H,6-7,13H2,1-3H3. The molecule has 0 amide bonds. The van der Waals surface area contributed by atoms with Gasteiger partial charge in [0.15, 0.2) is 0 Å². The van der Waals surface area contributed by atoms with Crippen molar-refractivity contribution in [2.24, 2.45) is 5.92 Å². The number of ether oxygens (including phenoxy) is 1. The van der Waals surface area contributed by atoms with Crippen LogP contribution in [0.2, 0.25) is 0 Å². The second-order valence-electron chi connectivity index (χ2n) is 4.31. The summed E-state index contributed by atoms with van der Waals surface area (Å²) in [7, 11) is 0. The molecular formula is C12H20N2O2.